The highest BCUT2D eigenvalue weighted by Crippen LogP contribution is 2.55. The Balaban J connectivity index is 1.84. The molecule has 0 aliphatic carbocycles. The minimum Gasteiger partial charge on any atom is -0.477 e. The SMILES string of the molecule is CCSC1=C(C(=O)O)N2C(=O)[C@H](C(O)c3cccnc3)[C@H]2S1. The predicted molar refractivity (Wildman–Crippen MR) is 83.7 cm³/mol. The molecule has 6 nitrogen and oxygen atoms in total. The van der Waals surface area contributed by atoms with Gasteiger partial charge in [-0.25, -0.2) is 4.79 Å². The number of hydrogen-bond donors (Lipinski definition) is 2. The van der Waals surface area contributed by atoms with Gasteiger partial charge in [0.2, 0.25) is 5.91 Å². The van der Waals surface area contributed by atoms with Crippen LogP contribution < -0.4 is 0 Å². The highest BCUT2D eigenvalue weighted by Gasteiger charge is 2.58. The average molecular weight is 338 g/mol. The molecular formula is C14H14N2O4S2. The van der Waals surface area contributed by atoms with Crippen LogP contribution in [0.25, 0.3) is 0 Å². The summed E-state index contributed by atoms with van der Waals surface area (Å²) in [4.78, 5) is 29.0. The van der Waals surface area contributed by atoms with Gasteiger partial charge in [-0.05, 0) is 17.4 Å². The van der Waals surface area contributed by atoms with E-state index in [0.29, 0.717) is 9.80 Å². The van der Waals surface area contributed by atoms with E-state index < -0.39 is 18.0 Å². The van der Waals surface area contributed by atoms with Crippen molar-refractivity contribution < 1.29 is 19.8 Å². The van der Waals surface area contributed by atoms with Crippen LogP contribution in [-0.4, -0.2) is 43.1 Å². The topological polar surface area (TPSA) is 90.7 Å². The van der Waals surface area contributed by atoms with E-state index in [0.717, 1.165) is 5.75 Å². The third-order valence-corrected chi connectivity index (χ3v) is 6.13. The van der Waals surface area contributed by atoms with E-state index in [-0.39, 0.29) is 17.0 Å². The van der Waals surface area contributed by atoms with Crippen LogP contribution in [0.5, 0.6) is 0 Å². The second kappa shape index (κ2) is 5.94. The third-order valence-electron chi connectivity index (χ3n) is 3.59. The van der Waals surface area contributed by atoms with Gasteiger partial charge in [0.1, 0.15) is 5.37 Å². The zero-order valence-electron chi connectivity index (χ0n) is 11.7. The number of carboxylic acids is 1. The van der Waals surface area contributed by atoms with Crippen molar-refractivity contribution in [1.29, 1.82) is 0 Å². The average Bonchev–Trinajstić information content (AvgIpc) is 2.83. The largest absolute Gasteiger partial charge is 0.477 e. The van der Waals surface area contributed by atoms with Crippen molar-refractivity contribution in [2.45, 2.75) is 18.4 Å². The second-order valence-electron chi connectivity index (χ2n) is 4.85. The first-order valence-corrected chi connectivity index (χ1v) is 8.60. The minimum atomic E-state index is -1.10. The lowest BCUT2D eigenvalue weighted by atomic mass is 9.88. The van der Waals surface area contributed by atoms with Gasteiger partial charge in [0.15, 0.2) is 5.70 Å². The number of carbonyl (C=O) groups excluding carboxylic acids is 1. The number of amides is 1. The van der Waals surface area contributed by atoms with Crippen molar-refractivity contribution in [1.82, 2.24) is 9.88 Å². The second-order valence-corrected chi connectivity index (χ2v) is 7.51. The number of thioether (sulfide) groups is 2. The predicted octanol–water partition coefficient (Wildman–Crippen LogP) is 1.65. The van der Waals surface area contributed by atoms with Gasteiger partial charge in [-0.15, -0.1) is 11.8 Å². The van der Waals surface area contributed by atoms with E-state index in [1.165, 1.54) is 34.6 Å². The fourth-order valence-electron chi connectivity index (χ4n) is 2.59. The molecule has 0 saturated carbocycles. The van der Waals surface area contributed by atoms with Crippen molar-refractivity contribution >= 4 is 35.4 Å². The van der Waals surface area contributed by atoms with Gasteiger partial charge in [-0.1, -0.05) is 24.8 Å². The van der Waals surface area contributed by atoms with E-state index in [1.54, 1.807) is 18.3 Å². The zero-order valence-corrected chi connectivity index (χ0v) is 13.3. The maximum Gasteiger partial charge on any atom is 0.354 e. The smallest absolute Gasteiger partial charge is 0.354 e. The van der Waals surface area contributed by atoms with Gasteiger partial charge >= 0.3 is 5.97 Å². The number of aromatic nitrogens is 1. The normalized spacial score (nSPS) is 25.0. The molecule has 0 bridgehead atoms. The summed E-state index contributed by atoms with van der Waals surface area (Å²) in [6.07, 6.45) is 2.14. The molecule has 1 unspecified atom stereocenters. The molecule has 2 aliphatic rings. The summed E-state index contributed by atoms with van der Waals surface area (Å²) < 4.78 is 0.634. The molecule has 3 atom stereocenters. The van der Waals surface area contributed by atoms with Crippen LogP contribution in [0.3, 0.4) is 0 Å². The molecule has 2 aliphatic heterocycles. The van der Waals surface area contributed by atoms with Crippen LogP contribution >= 0.6 is 23.5 Å². The van der Waals surface area contributed by atoms with Crippen molar-refractivity contribution in [3.05, 3.63) is 40.0 Å². The van der Waals surface area contributed by atoms with Crippen LogP contribution in [0, 0.1) is 5.92 Å². The first-order chi connectivity index (χ1) is 10.6. The Morgan fingerprint density at radius 1 is 1.59 bits per heavy atom. The Kier molecular flexibility index (Phi) is 4.16. The number of carboxylic acid groups (broad SMARTS) is 1. The fourth-order valence-corrected chi connectivity index (χ4v) is 5.34. The van der Waals surface area contributed by atoms with Gasteiger partial charge in [0.25, 0.3) is 0 Å². The molecule has 0 aromatic carbocycles. The summed E-state index contributed by atoms with van der Waals surface area (Å²) >= 11 is 2.75. The van der Waals surface area contributed by atoms with Gasteiger partial charge in [0, 0.05) is 12.4 Å². The van der Waals surface area contributed by atoms with E-state index in [9.17, 15) is 19.8 Å². The quantitative estimate of drug-likeness (QED) is 0.789. The molecule has 116 valence electrons. The van der Waals surface area contributed by atoms with Crippen LogP contribution in [0.1, 0.15) is 18.6 Å². The van der Waals surface area contributed by atoms with Gasteiger partial charge in [-0.3, -0.25) is 14.7 Å². The molecule has 3 heterocycles. The maximum absolute atomic E-state index is 12.3. The van der Waals surface area contributed by atoms with Crippen molar-refractivity contribution in [2.24, 2.45) is 5.92 Å². The molecule has 1 saturated heterocycles. The number of hydrogen-bond acceptors (Lipinski definition) is 6. The molecule has 1 aromatic heterocycles. The Labute approximate surface area is 135 Å². The molecule has 1 amide bonds. The lowest BCUT2D eigenvalue weighted by Crippen LogP contribution is -2.59. The molecule has 2 N–H and O–H groups in total. The summed E-state index contributed by atoms with van der Waals surface area (Å²) in [5.74, 6) is -1.37. The highest BCUT2D eigenvalue weighted by atomic mass is 32.2. The summed E-state index contributed by atoms with van der Waals surface area (Å²) in [7, 11) is 0. The molecule has 1 aromatic rings. The van der Waals surface area contributed by atoms with Crippen LogP contribution in [0.2, 0.25) is 0 Å². The summed E-state index contributed by atoms with van der Waals surface area (Å²) in [6.45, 7) is 1.93. The van der Waals surface area contributed by atoms with E-state index in [2.05, 4.69) is 4.98 Å². The van der Waals surface area contributed by atoms with E-state index in [1.807, 2.05) is 6.92 Å². The number of aliphatic hydroxyl groups excluding tert-OH is 1. The van der Waals surface area contributed by atoms with E-state index >= 15 is 0 Å². The number of aliphatic hydroxyl groups is 1. The number of rotatable bonds is 5. The Bertz CT molecular complexity index is 650. The highest BCUT2D eigenvalue weighted by molar-refractivity contribution is 8.22. The number of carbonyl (C=O) groups is 2. The van der Waals surface area contributed by atoms with Crippen LogP contribution in [0.15, 0.2) is 34.5 Å². The molecule has 8 heteroatoms. The van der Waals surface area contributed by atoms with Crippen LogP contribution in [-0.2, 0) is 9.59 Å². The summed E-state index contributed by atoms with van der Waals surface area (Å²) in [5, 5.41) is 19.4. The van der Waals surface area contributed by atoms with Gasteiger partial charge in [0.05, 0.1) is 16.3 Å². The number of pyridine rings is 1. The van der Waals surface area contributed by atoms with Crippen LogP contribution in [0.4, 0.5) is 0 Å². The van der Waals surface area contributed by atoms with Crippen molar-refractivity contribution in [2.75, 3.05) is 5.75 Å². The Hall–Kier alpha value is -1.51. The monoisotopic (exact) mass is 338 g/mol. The third kappa shape index (κ3) is 2.31. The molecular weight excluding hydrogens is 324 g/mol. The molecule has 0 radical (unpaired) electrons. The number of fused-ring (bicyclic) bond motifs is 1. The lowest BCUT2D eigenvalue weighted by Gasteiger charge is -2.44. The number of nitrogens with zero attached hydrogens (tertiary/aromatic N) is 2. The maximum atomic E-state index is 12.3. The first-order valence-electron chi connectivity index (χ1n) is 6.74. The van der Waals surface area contributed by atoms with Gasteiger partial charge < -0.3 is 10.2 Å². The first kappa shape index (κ1) is 15.4. The molecule has 22 heavy (non-hydrogen) atoms. The minimum absolute atomic E-state index is 0.0430. The number of β-lactam (4-membered cyclic amide) rings is 1. The molecule has 3 rings (SSSR count). The Morgan fingerprint density at radius 3 is 2.95 bits per heavy atom. The zero-order chi connectivity index (χ0) is 15.9. The number of aliphatic carboxylic acids is 1. The van der Waals surface area contributed by atoms with Gasteiger partial charge in [-0.2, -0.15) is 0 Å². The van der Waals surface area contributed by atoms with E-state index in [4.69, 9.17) is 0 Å². The van der Waals surface area contributed by atoms with Crippen molar-refractivity contribution in [3.63, 3.8) is 0 Å². The van der Waals surface area contributed by atoms with Crippen molar-refractivity contribution in [3.8, 4) is 0 Å². The standard InChI is InChI=1S/C14H14N2O4S2/c1-2-21-14-9(13(19)20)16-11(18)8(12(16)22-14)10(17)7-4-3-5-15-6-7/h3-6,8,10,12,17H,2H2,1H3,(H,19,20)/t8-,10?,12+/m0/s1. The lowest BCUT2D eigenvalue weighted by molar-refractivity contribution is -0.157. The summed E-state index contributed by atoms with van der Waals surface area (Å²) in [6, 6.07) is 3.40. The molecule has 1 fully saturated rings. The summed E-state index contributed by atoms with van der Waals surface area (Å²) in [5.41, 5.74) is 0.607. The fraction of sp³-hybridized carbons (Fsp3) is 0.357. The Morgan fingerprint density at radius 2 is 2.36 bits per heavy atom. The molecule has 0 spiro atoms.